The molecule has 0 amide bonds. The number of hydrogen-bond donors (Lipinski definition) is 2. The van der Waals surface area contributed by atoms with Gasteiger partial charge in [-0.15, -0.1) is 0 Å². The van der Waals surface area contributed by atoms with Crippen LogP contribution >= 0.6 is 11.6 Å². The fraction of sp³-hybridized carbons (Fsp3) is 0.500. The quantitative estimate of drug-likeness (QED) is 0.830. The Morgan fingerprint density at radius 1 is 1.61 bits per heavy atom. The molecule has 1 aliphatic rings. The minimum absolute atomic E-state index is 0.431. The van der Waals surface area contributed by atoms with Crippen molar-refractivity contribution in [2.45, 2.75) is 25.8 Å². The summed E-state index contributed by atoms with van der Waals surface area (Å²) in [4.78, 5) is 4.35. The third kappa shape index (κ3) is 2.04. The highest BCUT2D eigenvalue weighted by Gasteiger charge is 2.17. The lowest BCUT2D eigenvalue weighted by Gasteiger charge is -2.14. The van der Waals surface area contributed by atoms with E-state index in [4.69, 9.17) is 11.6 Å². The van der Waals surface area contributed by atoms with Gasteiger partial charge in [0.05, 0.1) is 6.20 Å². The van der Waals surface area contributed by atoms with Crippen molar-refractivity contribution in [2.75, 3.05) is 18.4 Å². The summed E-state index contributed by atoms with van der Waals surface area (Å²) in [6.45, 7) is 4.12. The van der Waals surface area contributed by atoms with Crippen molar-refractivity contribution >= 4 is 23.1 Å². The number of rotatable bonds is 3. The highest BCUT2D eigenvalue weighted by Crippen LogP contribution is 2.20. The minimum atomic E-state index is 0.431. The third-order valence-electron chi connectivity index (χ3n) is 3.31. The predicted molar refractivity (Wildman–Crippen MR) is 72.3 cm³/mol. The molecule has 5 nitrogen and oxygen atoms in total. The van der Waals surface area contributed by atoms with Crippen LogP contribution in [0.5, 0.6) is 0 Å². The zero-order valence-corrected chi connectivity index (χ0v) is 11.0. The van der Waals surface area contributed by atoms with Gasteiger partial charge in [-0.2, -0.15) is 9.61 Å². The summed E-state index contributed by atoms with van der Waals surface area (Å²) in [6, 6.07) is 2.26. The zero-order valence-electron chi connectivity index (χ0n) is 10.3. The molecule has 0 saturated carbocycles. The van der Waals surface area contributed by atoms with E-state index in [1.54, 1.807) is 0 Å². The maximum absolute atomic E-state index is 6.09. The van der Waals surface area contributed by atoms with Crippen LogP contribution in [0, 0.1) is 0 Å². The van der Waals surface area contributed by atoms with Gasteiger partial charge in [-0.3, -0.25) is 0 Å². The summed E-state index contributed by atoms with van der Waals surface area (Å²) >= 11 is 6.09. The highest BCUT2D eigenvalue weighted by molar-refractivity contribution is 6.29. The molecular formula is C12H16ClN5. The monoisotopic (exact) mass is 265 g/mol. The average Bonchev–Trinajstić information content (AvgIpc) is 2.97. The number of anilines is 1. The van der Waals surface area contributed by atoms with E-state index in [9.17, 15) is 0 Å². The molecule has 3 rings (SSSR count). The fourth-order valence-electron chi connectivity index (χ4n) is 2.32. The number of halogens is 1. The second kappa shape index (κ2) is 4.74. The van der Waals surface area contributed by atoms with Gasteiger partial charge in [0.2, 0.25) is 0 Å². The van der Waals surface area contributed by atoms with Gasteiger partial charge in [0.25, 0.3) is 0 Å². The first-order valence-corrected chi connectivity index (χ1v) is 6.66. The Kier molecular flexibility index (Phi) is 3.09. The van der Waals surface area contributed by atoms with Crippen molar-refractivity contribution in [3.63, 3.8) is 0 Å². The molecule has 0 spiro atoms. The molecule has 3 heterocycles. The van der Waals surface area contributed by atoms with Crippen LogP contribution < -0.4 is 10.6 Å². The molecule has 18 heavy (non-hydrogen) atoms. The van der Waals surface area contributed by atoms with E-state index in [0.29, 0.717) is 11.2 Å². The summed E-state index contributed by atoms with van der Waals surface area (Å²) in [5.74, 6) is 0.915. The highest BCUT2D eigenvalue weighted by atomic mass is 35.5. The molecule has 1 aliphatic heterocycles. The lowest BCUT2D eigenvalue weighted by Crippen LogP contribution is -2.23. The Labute approximate surface area is 111 Å². The summed E-state index contributed by atoms with van der Waals surface area (Å²) < 4.78 is 1.84. The topological polar surface area (TPSA) is 54.2 Å². The van der Waals surface area contributed by atoms with E-state index < -0.39 is 0 Å². The van der Waals surface area contributed by atoms with Gasteiger partial charge in [-0.1, -0.05) is 18.5 Å². The van der Waals surface area contributed by atoms with E-state index in [1.807, 2.05) is 16.8 Å². The molecule has 2 N–H and O–H groups in total. The van der Waals surface area contributed by atoms with E-state index >= 15 is 0 Å². The molecule has 1 atom stereocenters. The van der Waals surface area contributed by atoms with Crippen LogP contribution in [0.1, 0.15) is 18.9 Å². The largest absolute Gasteiger partial charge is 0.366 e. The first-order valence-electron chi connectivity index (χ1n) is 6.28. The maximum Gasteiger partial charge on any atom is 0.162 e. The summed E-state index contributed by atoms with van der Waals surface area (Å²) in [7, 11) is 0. The Morgan fingerprint density at radius 3 is 3.22 bits per heavy atom. The second-order valence-electron chi connectivity index (χ2n) is 4.56. The van der Waals surface area contributed by atoms with E-state index in [2.05, 4.69) is 27.6 Å². The Balaban J connectivity index is 2.01. The average molecular weight is 266 g/mol. The molecule has 96 valence electrons. The van der Waals surface area contributed by atoms with Gasteiger partial charge in [0.1, 0.15) is 11.0 Å². The molecule has 0 bridgehead atoms. The smallest absolute Gasteiger partial charge is 0.162 e. The van der Waals surface area contributed by atoms with Crippen LogP contribution in [0.15, 0.2) is 12.3 Å². The van der Waals surface area contributed by atoms with E-state index in [1.165, 1.54) is 0 Å². The van der Waals surface area contributed by atoms with E-state index in [-0.39, 0.29) is 0 Å². The Hall–Kier alpha value is -1.33. The van der Waals surface area contributed by atoms with Crippen molar-refractivity contribution in [2.24, 2.45) is 0 Å². The lowest BCUT2D eigenvalue weighted by molar-refractivity contribution is 0.774. The number of hydrogen-bond acceptors (Lipinski definition) is 4. The van der Waals surface area contributed by atoms with Gasteiger partial charge in [0, 0.05) is 24.2 Å². The molecular weight excluding hydrogens is 250 g/mol. The molecule has 1 fully saturated rings. The Morgan fingerprint density at radius 2 is 2.50 bits per heavy atom. The van der Waals surface area contributed by atoms with Gasteiger partial charge in [-0.05, 0) is 19.4 Å². The van der Waals surface area contributed by atoms with Crippen molar-refractivity contribution in [3.05, 3.63) is 23.0 Å². The maximum atomic E-state index is 6.09. The molecule has 2 aromatic heterocycles. The van der Waals surface area contributed by atoms with Gasteiger partial charge < -0.3 is 10.6 Å². The van der Waals surface area contributed by atoms with Crippen molar-refractivity contribution in [1.82, 2.24) is 19.9 Å². The first-order chi connectivity index (χ1) is 8.78. The predicted octanol–water partition coefficient (Wildman–Crippen LogP) is 1.72. The normalized spacial score (nSPS) is 19.6. The van der Waals surface area contributed by atoms with Crippen LogP contribution in [0.4, 0.5) is 5.82 Å². The molecule has 1 saturated heterocycles. The minimum Gasteiger partial charge on any atom is -0.366 e. The molecule has 0 aromatic carbocycles. The number of aryl methyl sites for hydroxylation is 1. The first kappa shape index (κ1) is 11.7. The SMILES string of the molecule is CCc1cnn2c(N[C@H]3CCNC3)cc(Cl)nc12. The molecule has 6 heteroatoms. The van der Waals surface area contributed by atoms with Gasteiger partial charge >= 0.3 is 0 Å². The molecule has 0 unspecified atom stereocenters. The van der Waals surface area contributed by atoms with Gasteiger partial charge in [0.15, 0.2) is 5.65 Å². The number of nitrogens with zero attached hydrogens (tertiary/aromatic N) is 3. The van der Waals surface area contributed by atoms with Crippen molar-refractivity contribution in [3.8, 4) is 0 Å². The number of aromatic nitrogens is 3. The standard InChI is InChI=1S/C12H16ClN5/c1-2-8-6-15-18-11(5-10(13)17-12(8)18)16-9-3-4-14-7-9/h5-6,9,14,16H,2-4,7H2,1H3/t9-/m0/s1. The lowest BCUT2D eigenvalue weighted by atomic mass is 10.2. The second-order valence-corrected chi connectivity index (χ2v) is 4.94. The number of nitrogens with one attached hydrogen (secondary N) is 2. The third-order valence-corrected chi connectivity index (χ3v) is 3.50. The molecule has 2 aromatic rings. The number of fused-ring (bicyclic) bond motifs is 1. The van der Waals surface area contributed by atoms with Crippen LogP contribution in [0.2, 0.25) is 5.15 Å². The van der Waals surface area contributed by atoms with Crippen LogP contribution in [0.25, 0.3) is 5.65 Å². The zero-order chi connectivity index (χ0) is 12.5. The molecule has 0 aliphatic carbocycles. The van der Waals surface area contributed by atoms with Crippen LogP contribution in [-0.4, -0.2) is 33.7 Å². The summed E-state index contributed by atoms with van der Waals surface area (Å²) in [6.07, 6.45) is 3.88. The Bertz CT molecular complexity index is 559. The van der Waals surface area contributed by atoms with E-state index in [0.717, 1.165) is 43.0 Å². The van der Waals surface area contributed by atoms with Gasteiger partial charge in [-0.25, -0.2) is 4.98 Å². The summed E-state index contributed by atoms with van der Waals surface area (Å²) in [5, 5.41) is 11.7. The van der Waals surface area contributed by atoms with Crippen LogP contribution in [0.3, 0.4) is 0 Å². The summed E-state index contributed by atoms with van der Waals surface area (Å²) in [5.41, 5.74) is 1.96. The molecule has 0 radical (unpaired) electrons. The van der Waals surface area contributed by atoms with Crippen molar-refractivity contribution in [1.29, 1.82) is 0 Å². The van der Waals surface area contributed by atoms with Crippen molar-refractivity contribution < 1.29 is 0 Å². The van der Waals surface area contributed by atoms with Crippen LogP contribution in [-0.2, 0) is 6.42 Å². The fourth-order valence-corrected chi connectivity index (χ4v) is 2.50.